The summed E-state index contributed by atoms with van der Waals surface area (Å²) >= 11 is 0. The average Bonchev–Trinajstić information content (AvgIpc) is 2.60. The van der Waals surface area contributed by atoms with Gasteiger partial charge in [0.15, 0.2) is 0 Å². The summed E-state index contributed by atoms with van der Waals surface area (Å²) in [5.74, 6) is -0.371. The highest BCUT2D eigenvalue weighted by Crippen LogP contribution is 2.15. The molecular formula is C18H17N3O3. The summed E-state index contributed by atoms with van der Waals surface area (Å²) in [6, 6.07) is 14.0. The van der Waals surface area contributed by atoms with Gasteiger partial charge in [-0.05, 0) is 30.2 Å². The lowest BCUT2D eigenvalue weighted by Gasteiger charge is -2.11. The summed E-state index contributed by atoms with van der Waals surface area (Å²) in [6.07, 6.45) is 0.781. The third-order valence-electron chi connectivity index (χ3n) is 3.86. The fraction of sp³-hybridized carbons (Fsp3) is 0.167. The number of benzene rings is 2. The summed E-state index contributed by atoms with van der Waals surface area (Å²) in [4.78, 5) is 36.7. The summed E-state index contributed by atoms with van der Waals surface area (Å²) < 4.78 is 1.04. The van der Waals surface area contributed by atoms with Crippen LogP contribution in [-0.4, -0.2) is 15.7 Å². The maximum atomic E-state index is 12.4. The van der Waals surface area contributed by atoms with E-state index in [9.17, 15) is 14.4 Å². The molecule has 122 valence electrons. The number of carbonyl (C=O) groups excluding carboxylic acids is 1. The van der Waals surface area contributed by atoms with Crippen molar-refractivity contribution in [1.29, 1.82) is 0 Å². The van der Waals surface area contributed by atoms with Gasteiger partial charge in [0.25, 0.3) is 11.1 Å². The normalized spacial score (nSPS) is 10.7. The molecule has 1 aromatic heterocycles. The van der Waals surface area contributed by atoms with Crippen molar-refractivity contribution >= 4 is 22.4 Å². The van der Waals surface area contributed by atoms with E-state index >= 15 is 0 Å². The minimum Gasteiger partial charge on any atom is -0.324 e. The molecule has 0 spiro atoms. The maximum absolute atomic E-state index is 12.4. The van der Waals surface area contributed by atoms with Crippen molar-refractivity contribution in [2.75, 3.05) is 5.32 Å². The molecule has 0 bridgehead atoms. The van der Waals surface area contributed by atoms with E-state index in [0.29, 0.717) is 16.5 Å². The second-order valence-electron chi connectivity index (χ2n) is 5.44. The molecule has 0 atom stereocenters. The molecule has 0 radical (unpaired) electrons. The largest absolute Gasteiger partial charge is 0.324 e. The number of rotatable bonds is 4. The van der Waals surface area contributed by atoms with E-state index in [1.54, 1.807) is 24.3 Å². The third-order valence-corrected chi connectivity index (χ3v) is 3.86. The molecule has 3 aromatic rings. The van der Waals surface area contributed by atoms with Gasteiger partial charge in [0.05, 0.1) is 10.8 Å². The van der Waals surface area contributed by atoms with Crippen LogP contribution in [0.4, 0.5) is 5.69 Å². The number of hydrogen-bond donors (Lipinski definition) is 2. The van der Waals surface area contributed by atoms with Crippen molar-refractivity contribution in [1.82, 2.24) is 9.78 Å². The predicted molar refractivity (Wildman–Crippen MR) is 93.3 cm³/mol. The quantitative estimate of drug-likeness (QED) is 0.769. The van der Waals surface area contributed by atoms with E-state index in [-0.39, 0.29) is 12.5 Å². The van der Waals surface area contributed by atoms with E-state index < -0.39 is 11.1 Å². The zero-order valence-electron chi connectivity index (χ0n) is 13.2. The Hall–Kier alpha value is -3.15. The summed E-state index contributed by atoms with van der Waals surface area (Å²) in [7, 11) is 0. The van der Waals surface area contributed by atoms with Gasteiger partial charge in [-0.3, -0.25) is 19.5 Å². The fourth-order valence-electron chi connectivity index (χ4n) is 2.64. The summed E-state index contributed by atoms with van der Waals surface area (Å²) in [6.45, 7) is 1.74. The van der Waals surface area contributed by atoms with Crippen LogP contribution in [0.1, 0.15) is 12.5 Å². The van der Waals surface area contributed by atoms with E-state index in [0.717, 1.165) is 16.7 Å². The lowest BCUT2D eigenvalue weighted by molar-refractivity contribution is -0.117. The lowest BCUT2D eigenvalue weighted by atomic mass is 10.1. The Morgan fingerprint density at radius 2 is 1.71 bits per heavy atom. The minimum atomic E-state index is -0.399. The number of nitrogens with one attached hydrogen (secondary N) is 2. The molecular weight excluding hydrogens is 306 g/mol. The van der Waals surface area contributed by atoms with Crippen molar-refractivity contribution in [3.8, 4) is 0 Å². The van der Waals surface area contributed by atoms with Crippen LogP contribution in [0, 0.1) is 0 Å². The number of anilines is 1. The van der Waals surface area contributed by atoms with Gasteiger partial charge in [0.2, 0.25) is 5.91 Å². The number of H-pyrrole nitrogens is 1. The van der Waals surface area contributed by atoms with Crippen LogP contribution in [0.3, 0.4) is 0 Å². The van der Waals surface area contributed by atoms with E-state index in [1.165, 1.54) is 0 Å². The van der Waals surface area contributed by atoms with Crippen molar-refractivity contribution in [2.45, 2.75) is 19.9 Å². The van der Waals surface area contributed by atoms with Gasteiger partial charge in [-0.1, -0.05) is 37.3 Å². The SMILES string of the molecule is CCc1ccccc1NC(=O)Cn1[nH]c(=O)c2ccccc2c1=O. The molecule has 0 fully saturated rings. The van der Waals surface area contributed by atoms with Crippen LogP contribution < -0.4 is 16.4 Å². The van der Waals surface area contributed by atoms with Gasteiger partial charge >= 0.3 is 0 Å². The number of amides is 1. The first-order valence-corrected chi connectivity index (χ1v) is 7.69. The molecule has 0 aliphatic rings. The van der Waals surface area contributed by atoms with Crippen LogP contribution >= 0.6 is 0 Å². The van der Waals surface area contributed by atoms with Crippen molar-refractivity contribution < 1.29 is 4.79 Å². The second kappa shape index (κ2) is 6.54. The van der Waals surface area contributed by atoms with Crippen molar-refractivity contribution in [2.24, 2.45) is 0 Å². The molecule has 24 heavy (non-hydrogen) atoms. The van der Waals surface area contributed by atoms with Crippen molar-refractivity contribution in [3.63, 3.8) is 0 Å². The molecule has 1 amide bonds. The smallest absolute Gasteiger partial charge is 0.273 e. The molecule has 0 aliphatic heterocycles. The molecule has 0 aliphatic carbocycles. The van der Waals surface area contributed by atoms with Crippen LogP contribution in [-0.2, 0) is 17.8 Å². The number of aromatic nitrogens is 2. The first kappa shape index (κ1) is 15.7. The topological polar surface area (TPSA) is 84.0 Å². The monoisotopic (exact) mass is 323 g/mol. The Labute approximate surface area is 137 Å². The Morgan fingerprint density at radius 1 is 1.04 bits per heavy atom. The number of para-hydroxylation sites is 1. The van der Waals surface area contributed by atoms with Gasteiger partial charge in [-0.15, -0.1) is 0 Å². The standard InChI is InChI=1S/C18H17N3O3/c1-2-12-7-3-6-10-15(12)19-16(22)11-21-18(24)14-9-5-4-8-13(14)17(23)20-21/h3-10H,2,11H2,1H3,(H,19,22)(H,20,23). The number of aromatic amines is 1. The minimum absolute atomic E-state index is 0.253. The van der Waals surface area contributed by atoms with Crippen LogP contribution in [0.25, 0.3) is 10.8 Å². The zero-order valence-corrected chi connectivity index (χ0v) is 13.2. The highest BCUT2D eigenvalue weighted by Gasteiger charge is 2.11. The van der Waals surface area contributed by atoms with E-state index in [2.05, 4.69) is 10.4 Å². The second-order valence-corrected chi connectivity index (χ2v) is 5.44. The zero-order chi connectivity index (χ0) is 17.1. The van der Waals surface area contributed by atoms with Crippen LogP contribution in [0.5, 0.6) is 0 Å². The molecule has 2 aromatic carbocycles. The van der Waals surface area contributed by atoms with Crippen LogP contribution in [0.2, 0.25) is 0 Å². The van der Waals surface area contributed by atoms with Gasteiger partial charge in [0, 0.05) is 5.69 Å². The Bertz CT molecular complexity index is 1020. The first-order valence-electron chi connectivity index (χ1n) is 7.69. The number of fused-ring (bicyclic) bond motifs is 1. The van der Waals surface area contributed by atoms with Crippen molar-refractivity contribution in [3.05, 3.63) is 74.8 Å². The fourth-order valence-corrected chi connectivity index (χ4v) is 2.64. The Kier molecular flexibility index (Phi) is 4.29. The van der Waals surface area contributed by atoms with Gasteiger partial charge in [-0.25, -0.2) is 4.68 Å². The average molecular weight is 323 g/mol. The highest BCUT2D eigenvalue weighted by atomic mass is 16.2. The highest BCUT2D eigenvalue weighted by molar-refractivity contribution is 5.91. The van der Waals surface area contributed by atoms with Gasteiger partial charge in [0.1, 0.15) is 6.54 Å². The molecule has 6 nitrogen and oxygen atoms in total. The summed E-state index contributed by atoms with van der Waals surface area (Å²) in [5, 5.41) is 5.85. The van der Waals surface area contributed by atoms with E-state index in [1.807, 2.05) is 31.2 Å². The lowest BCUT2D eigenvalue weighted by Crippen LogP contribution is -2.34. The molecule has 1 heterocycles. The molecule has 0 saturated heterocycles. The number of carbonyl (C=O) groups is 1. The first-order chi connectivity index (χ1) is 11.6. The Balaban J connectivity index is 1.90. The van der Waals surface area contributed by atoms with Gasteiger partial charge in [-0.2, -0.15) is 0 Å². The molecule has 6 heteroatoms. The predicted octanol–water partition coefficient (Wildman–Crippen LogP) is 1.89. The Morgan fingerprint density at radius 3 is 2.46 bits per heavy atom. The third kappa shape index (κ3) is 2.99. The molecule has 2 N–H and O–H groups in total. The number of aryl methyl sites for hydroxylation is 1. The molecule has 3 rings (SSSR count). The molecule has 0 unspecified atom stereocenters. The maximum Gasteiger partial charge on any atom is 0.273 e. The number of nitrogens with zero attached hydrogens (tertiary/aromatic N) is 1. The van der Waals surface area contributed by atoms with E-state index in [4.69, 9.17) is 0 Å². The van der Waals surface area contributed by atoms with Gasteiger partial charge < -0.3 is 5.32 Å². The molecule has 0 saturated carbocycles. The number of hydrogen-bond acceptors (Lipinski definition) is 3. The van der Waals surface area contributed by atoms with Crippen LogP contribution in [0.15, 0.2) is 58.1 Å². The summed E-state index contributed by atoms with van der Waals surface area (Å²) in [5.41, 5.74) is 0.919.